The number of nitrogens with two attached hydrogens (primary N) is 2. The number of H-pyrrole nitrogens is 2. The molecule has 8 atom stereocenters. The van der Waals surface area contributed by atoms with Crippen LogP contribution in [0.2, 0.25) is 0 Å². The van der Waals surface area contributed by atoms with Gasteiger partial charge in [-0.2, -0.15) is 5.26 Å². The molecule has 2 saturated carbocycles. The first kappa shape index (κ1) is 69.1. The number of aromatic amines is 2. The summed E-state index contributed by atoms with van der Waals surface area (Å²) >= 11 is 0. The Bertz CT molecular complexity index is 3920. The van der Waals surface area contributed by atoms with Gasteiger partial charge in [0, 0.05) is 63.8 Å². The van der Waals surface area contributed by atoms with Crippen molar-refractivity contribution in [3.05, 3.63) is 84.5 Å². The molecule has 93 heavy (non-hydrogen) atoms. The van der Waals surface area contributed by atoms with Crippen molar-refractivity contribution < 1.29 is 33.2 Å². The summed E-state index contributed by atoms with van der Waals surface area (Å²) in [5.41, 5.74) is 21.6. The Hall–Kier alpha value is -6.79. The van der Waals surface area contributed by atoms with Gasteiger partial charge in [0.1, 0.15) is 77.7 Å². The minimum Gasteiger partial charge on any atom is -0.382 e. The second-order valence-electron chi connectivity index (χ2n) is 29.2. The fraction of sp³-hybridized carbons (Fsp3) is 0.618. The summed E-state index contributed by atoms with van der Waals surface area (Å²) in [6.45, 7) is 32.8. The van der Waals surface area contributed by atoms with Crippen molar-refractivity contribution in [2.75, 3.05) is 24.6 Å². The summed E-state index contributed by atoms with van der Waals surface area (Å²) in [5.74, 6) is 3.17. The maximum absolute atomic E-state index is 11.0. The molecule has 6 aliphatic rings. The number of nitriles is 1. The summed E-state index contributed by atoms with van der Waals surface area (Å²) < 4.78 is 41.8. The molecule has 0 amide bonds. The minimum absolute atomic E-state index is 0. The van der Waals surface area contributed by atoms with E-state index < -0.39 is 17.8 Å². The molecule has 0 spiro atoms. The smallest absolute Gasteiger partial charge is 0.167 e. The highest BCUT2D eigenvalue weighted by atomic mass is 35.5. The summed E-state index contributed by atoms with van der Waals surface area (Å²) in [6.07, 6.45) is 12.3. The van der Waals surface area contributed by atoms with Crippen molar-refractivity contribution in [3.8, 4) is 6.07 Å². The van der Waals surface area contributed by atoms with Crippen LogP contribution in [-0.4, -0.2) is 149 Å². The van der Waals surface area contributed by atoms with Gasteiger partial charge in [0.2, 0.25) is 0 Å². The number of anilines is 2. The largest absolute Gasteiger partial charge is 0.382 e. The van der Waals surface area contributed by atoms with Crippen LogP contribution < -0.4 is 16.8 Å². The number of carbonyl (C=O) groups excluding carboxylic acids is 1. The monoisotopic (exact) mass is 1300 g/mol. The number of fused-ring (bicyclic) bond motifs is 6. The van der Waals surface area contributed by atoms with Crippen molar-refractivity contribution >= 4 is 74.2 Å². The summed E-state index contributed by atoms with van der Waals surface area (Å²) in [7, 11) is 0. The van der Waals surface area contributed by atoms with Crippen molar-refractivity contribution in [1.29, 1.82) is 5.26 Å². The Balaban J connectivity index is 0.000000163. The Morgan fingerprint density at radius 3 is 1.56 bits per heavy atom. The van der Waals surface area contributed by atoms with Crippen LogP contribution in [0.15, 0.2) is 61.7 Å². The van der Waals surface area contributed by atoms with Crippen LogP contribution in [0.3, 0.4) is 0 Å². The van der Waals surface area contributed by atoms with Crippen molar-refractivity contribution in [1.82, 2.24) is 69.2 Å². The molecule has 2 aromatic carbocycles. The van der Waals surface area contributed by atoms with Gasteiger partial charge in [-0.25, -0.2) is 39.9 Å². The molecule has 2 aliphatic carbocycles. The van der Waals surface area contributed by atoms with E-state index >= 15 is 0 Å². The van der Waals surface area contributed by atoms with Gasteiger partial charge in [-0.3, -0.25) is 18.8 Å². The Kier molecular flexibility index (Phi) is 20.4. The lowest BCUT2D eigenvalue weighted by molar-refractivity contribution is -0.199. The Morgan fingerprint density at radius 2 is 1.12 bits per heavy atom. The normalized spacial score (nSPS) is 25.5. The van der Waals surface area contributed by atoms with Crippen LogP contribution >= 0.6 is 12.4 Å². The number of imidazole rings is 4. The molecule has 0 bridgehead atoms. The first-order valence-corrected chi connectivity index (χ1v) is 32.7. The molecule has 10 heterocycles. The SMILES string of the molecule is CC#N.CC(C)(C)c1ccc2nc(CCC3CC(=O)C3)[nH]c2c1.CC(C)N(C[C@H]1OC(n2cnc3c(N)ncnc32)C2OC(C)(C)O[C@@H]21)C1CC(CCc2nc3ccc(C(C)(C)C)cc3[nH]2)C1.CC(C)NC[C@H]1OC(n2cnc3c(N)ncnc32)C2OC(C)(C)O[C@@H]21.Cl. The van der Waals surface area contributed by atoms with Gasteiger partial charge in [0.05, 0.1) is 40.8 Å². The molecule has 0 radical (unpaired) electrons. The molecule has 25 heteroatoms. The molecule has 4 aliphatic heterocycles. The Labute approximate surface area is 551 Å². The zero-order valence-electron chi connectivity index (χ0n) is 56.6. The van der Waals surface area contributed by atoms with E-state index in [0.717, 1.165) is 78.8 Å². The number of ether oxygens (including phenoxy) is 6. The molecule has 4 unspecified atom stereocenters. The van der Waals surface area contributed by atoms with Crippen LogP contribution in [0.25, 0.3) is 44.4 Å². The van der Waals surface area contributed by atoms with E-state index in [4.69, 9.17) is 50.1 Å². The van der Waals surface area contributed by atoms with Crippen molar-refractivity contribution in [2.45, 2.75) is 245 Å². The van der Waals surface area contributed by atoms with Crippen molar-refractivity contribution in [3.63, 3.8) is 0 Å². The highest BCUT2D eigenvalue weighted by Crippen LogP contribution is 2.47. The van der Waals surface area contributed by atoms with E-state index in [1.807, 2.05) is 36.8 Å². The van der Waals surface area contributed by atoms with Gasteiger partial charge in [0.15, 0.2) is 47.0 Å². The molecule has 502 valence electrons. The first-order valence-electron chi connectivity index (χ1n) is 32.7. The highest BCUT2D eigenvalue weighted by Gasteiger charge is 2.58. The number of nitrogens with zero attached hydrogens (tertiary/aromatic N) is 12. The topological polar surface area (TPSA) is 308 Å². The quantitative estimate of drug-likeness (QED) is 0.0637. The van der Waals surface area contributed by atoms with Crippen LogP contribution in [0.4, 0.5) is 11.6 Å². The van der Waals surface area contributed by atoms with Crippen LogP contribution in [0, 0.1) is 23.2 Å². The van der Waals surface area contributed by atoms with E-state index in [0.29, 0.717) is 76.3 Å². The number of ketones is 1. The number of halogens is 1. The number of carbonyl (C=O) groups is 1. The van der Waals surface area contributed by atoms with E-state index in [2.05, 4.69) is 161 Å². The zero-order valence-corrected chi connectivity index (χ0v) is 57.5. The predicted molar refractivity (Wildman–Crippen MR) is 359 cm³/mol. The lowest BCUT2D eigenvalue weighted by atomic mass is 9.76. The van der Waals surface area contributed by atoms with Gasteiger partial charge in [0.25, 0.3) is 0 Å². The third-order valence-electron chi connectivity index (χ3n) is 18.4. The number of rotatable bonds is 15. The fourth-order valence-electron chi connectivity index (χ4n) is 13.5. The molecular weight excluding hydrogens is 1200 g/mol. The lowest BCUT2D eigenvalue weighted by Gasteiger charge is -2.46. The minimum atomic E-state index is -0.699. The van der Waals surface area contributed by atoms with E-state index in [9.17, 15) is 4.79 Å². The molecule has 7 N–H and O–H groups in total. The number of nitrogens with one attached hydrogen (secondary N) is 3. The summed E-state index contributed by atoms with van der Waals surface area (Å²) in [5, 5.41) is 10.7. The van der Waals surface area contributed by atoms with Crippen LogP contribution in [0.1, 0.15) is 178 Å². The van der Waals surface area contributed by atoms with Gasteiger partial charge in [-0.15, -0.1) is 12.4 Å². The summed E-state index contributed by atoms with van der Waals surface area (Å²) in [6, 6.07) is 16.1. The van der Waals surface area contributed by atoms with Gasteiger partial charge in [-0.05, 0) is 125 Å². The van der Waals surface area contributed by atoms with E-state index in [1.54, 1.807) is 18.7 Å². The Morgan fingerprint density at radius 1 is 0.677 bits per heavy atom. The second kappa shape index (κ2) is 27.5. The fourth-order valence-corrected chi connectivity index (χ4v) is 13.5. The second-order valence-corrected chi connectivity index (χ2v) is 29.2. The number of aryl methyl sites for hydroxylation is 2. The predicted octanol–water partition coefficient (Wildman–Crippen LogP) is 10.7. The van der Waals surface area contributed by atoms with Gasteiger partial charge in [-0.1, -0.05) is 67.5 Å². The molecular formula is C68H96ClN17O7. The number of Topliss-reactive ketones (excluding diaryl/α,β-unsaturated/α-hetero) is 1. The van der Waals surface area contributed by atoms with Gasteiger partial charge >= 0.3 is 0 Å². The molecule has 6 aromatic heterocycles. The van der Waals surface area contributed by atoms with E-state index in [-0.39, 0.29) is 66.1 Å². The summed E-state index contributed by atoms with van der Waals surface area (Å²) in [4.78, 5) is 55.7. The molecule has 14 rings (SSSR count). The zero-order chi connectivity index (χ0) is 65.8. The third-order valence-corrected chi connectivity index (χ3v) is 18.4. The maximum atomic E-state index is 11.0. The standard InChI is InChI=1S/C33H46N8O3.C17H22N2O.C16H24N6O3.C2H3N.ClH/c1-18(2)40(21-12-19(13-21)8-11-25-38-22-10-9-20(32(3,4)5)14-23(22)39-25)15-24-27-28(44-33(6,7)43-27)31(42-24)41-17-37-26-29(34)35-16-36-30(26)41;1-17(2,3)12-5-6-14-15(10-12)19-16(18-14)7-4-11-8-13(20)9-11;1-8(2)18-5-9-11-12(25-16(3,4)24-11)15(23-9)22-7-21-10-13(17)19-6-20-14(10)22;1-2-3;/h9-10,14,16-19,21,24,27-28,31H,8,11-13,15H2,1-7H3,(H,38,39)(H2,34,35,36);5-6,10-11H,4,7-9H2,1-3H3,(H,18,19);6-9,11-12,15,18H,5H2,1-4H3,(H2,17,19,20);1H3;1H/t19?,21?,24-,27-,28?,31?;;9-,11-,12?,15?;;/m1.1../s1. The highest BCUT2D eigenvalue weighted by molar-refractivity contribution is 5.85. The third kappa shape index (κ3) is 15.3. The molecule has 6 fully saturated rings. The average Bonchev–Trinajstić information content (AvgIpc) is 1.60. The first-order chi connectivity index (χ1) is 43.5. The van der Waals surface area contributed by atoms with Gasteiger partial charge < -0.3 is 55.2 Å². The molecule has 8 aromatic rings. The molecule has 24 nitrogen and oxygen atoms in total. The maximum Gasteiger partial charge on any atom is 0.167 e. The lowest BCUT2D eigenvalue weighted by Crippen LogP contribution is -2.52. The number of hydrogen-bond donors (Lipinski definition) is 5. The van der Waals surface area contributed by atoms with Crippen molar-refractivity contribution in [2.24, 2.45) is 11.8 Å². The average molecular weight is 1300 g/mol. The van der Waals surface area contributed by atoms with Crippen LogP contribution in [0.5, 0.6) is 0 Å². The van der Waals surface area contributed by atoms with Crippen LogP contribution in [-0.2, 0) is 56.9 Å². The number of benzene rings is 2. The number of nitrogen functional groups attached to an aromatic ring is 2. The van der Waals surface area contributed by atoms with E-state index in [1.165, 1.54) is 43.5 Å². The molecule has 4 saturated heterocycles. The number of hydrogen-bond acceptors (Lipinski definition) is 20. The number of aromatic nitrogens is 12.